The van der Waals surface area contributed by atoms with Gasteiger partial charge in [0.25, 0.3) is 11.8 Å². The molecule has 0 saturated carbocycles. The van der Waals surface area contributed by atoms with Crippen LogP contribution < -0.4 is 5.32 Å². The number of carbonyl (C=O) groups excluding carboxylic acids is 2. The van der Waals surface area contributed by atoms with Crippen molar-refractivity contribution in [3.8, 4) is 10.6 Å². The lowest BCUT2D eigenvalue weighted by atomic mass is 10.1. The van der Waals surface area contributed by atoms with Gasteiger partial charge in [-0.05, 0) is 26.0 Å². The van der Waals surface area contributed by atoms with E-state index in [4.69, 9.17) is 4.74 Å². The van der Waals surface area contributed by atoms with E-state index in [0.717, 1.165) is 10.6 Å². The number of para-hydroxylation sites is 1. The van der Waals surface area contributed by atoms with Gasteiger partial charge in [-0.25, -0.2) is 4.98 Å². The van der Waals surface area contributed by atoms with Gasteiger partial charge in [0.15, 0.2) is 0 Å². The third kappa shape index (κ3) is 4.42. The monoisotopic (exact) mass is 421 g/mol. The number of hydrogen-bond donors (Lipinski definition) is 1. The Balaban J connectivity index is 1.52. The van der Waals surface area contributed by atoms with Crippen LogP contribution in [-0.2, 0) is 4.74 Å². The van der Waals surface area contributed by atoms with Crippen LogP contribution in [0.3, 0.4) is 0 Å². The summed E-state index contributed by atoms with van der Waals surface area (Å²) < 4.78 is 5.72. The fourth-order valence-electron chi connectivity index (χ4n) is 3.57. The molecular weight excluding hydrogens is 398 g/mol. The Kier molecular flexibility index (Phi) is 5.92. The standard InChI is InChI=1S/C23H23N3O3S/c1-15-12-26(13-16(2)29-15)23(28)18-10-6-7-11-19(18)24-21(27)20-14-30-22(25-20)17-8-4-3-5-9-17/h3-11,14-16H,12-13H2,1-2H3,(H,24,27)/t15-,16-/m1/s1. The van der Waals surface area contributed by atoms with Crippen LogP contribution in [-0.4, -0.2) is 47.0 Å². The van der Waals surface area contributed by atoms with Crippen molar-refractivity contribution in [1.82, 2.24) is 9.88 Å². The summed E-state index contributed by atoms with van der Waals surface area (Å²) in [5.41, 5.74) is 2.24. The molecule has 1 fully saturated rings. The number of morpholine rings is 1. The molecule has 2 aromatic carbocycles. The molecule has 154 valence electrons. The zero-order valence-electron chi connectivity index (χ0n) is 16.9. The molecule has 1 aromatic heterocycles. The number of nitrogens with one attached hydrogen (secondary N) is 1. The summed E-state index contributed by atoms with van der Waals surface area (Å²) in [5.74, 6) is -0.450. The Morgan fingerprint density at radius 2 is 1.70 bits per heavy atom. The van der Waals surface area contributed by atoms with E-state index in [2.05, 4.69) is 10.3 Å². The normalized spacial score (nSPS) is 18.8. The molecule has 0 radical (unpaired) electrons. The van der Waals surface area contributed by atoms with Crippen LogP contribution in [0.15, 0.2) is 60.0 Å². The largest absolute Gasteiger partial charge is 0.372 e. The van der Waals surface area contributed by atoms with Crippen molar-refractivity contribution in [3.63, 3.8) is 0 Å². The molecule has 0 spiro atoms. The molecule has 2 atom stereocenters. The molecular formula is C23H23N3O3S. The fraction of sp³-hybridized carbons (Fsp3) is 0.261. The quantitative estimate of drug-likeness (QED) is 0.681. The molecule has 1 aliphatic heterocycles. The minimum atomic E-state index is -0.336. The first-order chi connectivity index (χ1) is 14.5. The van der Waals surface area contributed by atoms with Gasteiger partial charge in [-0.2, -0.15) is 0 Å². The zero-order valence-corrected chi connectivity index (χ0v) is 17.7. The van der Waals surface area contributed by atoms with Crippen molar-refractivity contribution in [1.29, 1.82) is 0 Å². The van der Waals surface area contributed by atoms with Crippen molar-refractivity contribution >= 4 is 28.8 Å². The first kappa shape index (κ1) is 20.3. The number of anilines is 1. The first-order valence-corrected chi connectivity index (χ1v) is 10.8. The van der Waals surface area contributed by atoms with Gasteiger partial charge in [0.1, 0.15) is 10.7 Å². The van der Waals surface area contributed by atoms with E-state index in [1.165, 1.54) is 11.3 Å². The van der Waals surface area contributed by atoms with E-state index in [-0.39, 0.29) is 24.0 Å². The van der Waals surface area contributed by atoms with Crippen LogP contribution in [0.25, 0.3) is 10.6 Å². The Hall–Kier alpha value is -3.03. The molecule has 2 amide bonds. The van der Waals surface area contributed by atoms with E-state index in [0.29, 0.717) is 30.0 Å². The molecule has 1 aliphatic rings. The summed E-state index contributed by atoms with van der Waals surface area (Å²) in [7, 11) is 0. The van der Waals surface area contributed by atoms with Gasteiger partial charge in [-0.1, -0.05) is 42.5 Å². The predicted octanol–water partition coefficient (Wildman–Crippen LogP) is 4.31. The number of nitrogens with zero attached hydrogens (tertiary/aromatic N) is 2. The lowest BCUT2D eigenvalue weighted by molar-refractivity contribution is -0.0585. The Morgan fingerprint density at radius 1 is 1.03 bits per heavy atom. The average Bonchev–Trinajstić information content (AvgIpc) is 3.24. The number of ether oxygens (including phenoxy) is 1. The lowest BCUT2D eigenvalue weighted by Gasteiger charge is -2.35. The van der Waals surface area contributed by atoms with Crippen molar-refractivity contribution < 1.29 is 14.3 Å². The number of hydrogen-bond acceptors (Lipinski definition) is 5. The van der Waals surface area contributed by atoms with Crippen LogP contribution in [0.5, 0.6) is 0 Å². The minimum absolute atomic E-state index is 0.0223. The minimum Gasteiger partial charge on any atom is -0.372 e. The lowest BCUT2D eigenvalue weighted by Crippen LogP contribution is -2.48. The van der Waals surface area contributed by atoms with Gasteiger partial charge in [-0.3, -0.25) is 9.59 Å². The first-order valence-electron chi connectivity index (χ1n) is 9.87. The third-order valence-corrected chi connectivity index (χ3v) is 5.76. The number of carbonyl (C=O) groups is 2. The van der Waals surface area contributed by atoms with Crippen LogP contribution >= 0.6 is 11.3 Å². The highest BCUT2D eigenvalue weighted by atomic mass is 32.1. The molecule has 1 N–H and O–H groups in total. The number of benzene rings is 2. The van der Waals surface area contributed by atoms with Crippen molar-refractivity contribution in [3.05, 3.63) is 71.2 Å². The number of rotatable bonds is 4. The molecule has 2 heterocycles. The molecule has 4 rings (SSSR count). The number of thiazole rings is 1. The van der Waals surface area contributed by atoms with Gasteiger partial charge >= 0.3 is 0 Å². The van der Waals surface area contributed by atoms with Crippen LogP contribution in [0, 0.1) is 0 Å². The van der Waals surface area contributed by atoms with Gasteiger partial charge < -0.3 is 15.0 Å². The van der Waals surface area contributed by atoms with Crippen LogP contribution in [0.1, 0.15) is 34.7 Å². The van der Waals surface area contributed by atoms with Crippen LogP contribution in [0.4, 0.5) is 5.69 Å². The van der Waals surface area contributed by atoms with Crippen LogP contribution in [0.2, 0.25) is 0 Å². The van der Waals surface area contributed by atoms with Crippen molar-refractivity contribution in [2.75, 3.05) is 18.4 Å². The molecule has 0 bridgehead atoms. The van der Waals surface area contributed by atoms with Gasteiger partial charge in [0.2, 0.25) is 0 Å². The third-order valence-electron chi connectivity index (χ3n) is 4.87. The Bertz CT molecular complexity index is 1040. The highest BCUT2D eigenvalue weighted by Crippen LogP contribution is 2.25. The van der Waals surface area contributed by atoms with E-state index < -0.39 is 0 Å². The topological polar surface area (TPSA) is 71.5 Å². The molecule has 30 heavy (non-hydrogen) atoms. The predicted molar refractivity (Wildman–Crippen MR) is 118 cm³/mol. The fourth-order valence-corrected chi connectivity index (χ4v) is 4.38. The second kappa shape index (κ2) is 8.77. The second-order valence-electron chi connectivity index (χ2n) is 7.37. The average molecular weight is 422 g/mol. The van der Waals surface area contributed by atoms with Gasteiger partial charge in [0.05, 0.1) is 23.5 Å². The summed E-state index contributed by atoms with van der Waals surface area (Å²) in [6, 6.07) is 16.8. The molecule has 0 unspecified atom stereocenters. The van der Waals surface area contributed by atoms with Crippen molar-refractivity contribution in [2.45, 2.75) is 26.1 Å². The second-order valence-corrected chi connectivity index (χ2v) is 8.23. The van der Waals surface area contributed by atoms with E-state index in [1.807, 2.05) is 44.2 Å². The summed E-state index contributed by atoms with van der Waals surface area (Å²) in [6.07, 6.45) is -0.0447. The number of aromatic nitrogens is 1. The van der Waals surface area contributed by atoms with E-state index >= 15 is 0 Å². The smallest absolute Gasteiger partial charge is 0.275 e. The molecule has 0 aliphatic carbocycles. The van der Waals surface area contributed by atoms with E-state index in [1.54, 1.807) is 34.5 Å². The maximum absolute atomic E-state index is 13.1. The van der Waals surface area contributed by atoms with E-state index in [9.17, 15) is 9.59 Å². The molecule has 1 saturated heterocycles. The Labute approximate surface area is 179 Å². The summed E-state index contributed by atoms with van der Waals surface area (Å²) >= 11 is 1.41. The summed E-state index contributed by atoms with van der Waals surface area (Å²) in [4.78, 5) is 32.2. The molecule has 7 heteroatoms. The van der Waals surface area contributed by atoms with Crippen molar-refractivity contribution in [2.24, 2.45) is 0 Å². The highest BCUT2D eigenvalue weighted by molar-refractivity contribution is 7.13. The molecule has 6 nitrogen and oxygen atoms in total. The maximum Gasteiger partial charge on any atom is 0.275 e. The Morgan fingerprint density at radius 3 is 2.43 bits per heavy atom. The van der Waals surface area contributed by atoms with Gasteiger partial charge in [0, 0.05) is 24.0 Å². The summed E-state index contributed by atoms with van der Waals surface area (Å²) in [5, 5.41) is 5.37. The zero-order chi connectivity index (χ0) is 21.1. The van der Waals surface area contributed by atoms with Gasteiger partial charge in [-0.15, -0.1) is 11.3 Å². The summed E-state index contributed by atoms with van der Waals surface area (Å²) in [6.45, 7) is 4.96. The highest BCUT2D eigenvalue weighted by Gasteiger charge is 2.28. The molecule has 3 aromatic rings. The SMILES string of the molecule is C[C@@H]1CN(C(=O)c2ccccc2NC(=O)c2csc(-c3ccccc3)n2)C[C@@H](C)O1. The number of amides is 2. The maximum atomic E-state index is 13.1.